The molecule has 0 spiro atoms. The van der Waals surface area contributed by atoms with Crippen LogP contribution in [0.2, 0.25) is 4.34 Å². The lowest BCUT2D eigenvalue weighted by Gasteiger charge is -2.08. The van der Waals surface area contributed by atoms with Crippen molar-refractivity contribution in [2.45, 2.75) is 6.54 Å². The van der Waals surface area contributed by atoms with Crippen molar-refractivity contribution in [3.63, 3.8) is 0 Å². The maximum Gasteiger partial charge on any atom is 0.261 e. The second-order valence-corrected chi connectivity index (χ2v) is 7.93. The summed E-state index contributed by atoms with van der Waals surface area (Å²) < 4.78 is 4.29. The molecule has 3 aromatic heterocycles. The van der Waals surface area contributed by atoms with Crippen molar-refractivity contribution < 1.29 is 4.79 Å². The van der Waals surface area contributed by atoms with Gasteiger partial charge in [0.2, 0.25) is 6.19 Å². The summed E-state index contributed by atoms with van der Waals surface area (Å²) in [7, 11) is 0. The van der Waals surface area contributed by atoms with E-state index in [9.17, 15) is 4.79 Å². The topological polar surface area (TPSA) is 88.0 Å². The minimum atomic E-state index is -0.177. The zero-order valence-electron chi connectivity index (χ0n) is 15.6. The second-order valence-electron chi connectivity index (χ2n) is 6.22. The first-order valence-corrected chi connectivity index (χ1v) is 10.1. The smallest absolute Gasteiger partial charge is 0.261 e. The Bertz CT molecular complexity index is 1300. The third-order valence-electron chi connectivity index (χ3n) is 4.29. The van der Waals surface area contributed by atoms with Gasteiger partial charge in [0.15, 0.2) is 0 Å². The highest BCUT2D eigenvalue weighted by Gasteiger charge is 2.09. The van der Waals surface area contributed by atoms with Gasteiger partial charge in [-0.1, -0.05) is 17.7 Å². The Labute approximate surface area is 181 Å². The van der Waals surface area contributed by atoms with Crippen LogP contribution in [-0.4, -0.2) is 20.0 Å². The molecule has 1 N–H and O–H groups in total. The zero-order chi connectivity index (χ0) is 20.9. The maximum absolute atomic E-state index is 12.1. The number of hydrogen-bond donors (Lipinski definition) is 1. The van der Waals surface area contributed by atoms with E-state index >= 15 is 0 Å². The molecule has 30 heavy (non-hydrogen) atoms. The Kier molecular flexibility index (Phi) is 5.75. The number of carbonyl (C=O) groups excluding carboxylic acids is 1. The predicted octanol–water partition coefficient (Wildman–Crippen LogP) is 3.69. The van der Waals surface area contributed by atoms with Gasteiger partial charge in [-0.3, -0.25) is 4.79 Å². The van der Waals surface area contributed by atoms with Crippen LogP contribution in [0.5, 0.6) is 0 Å². The highest BCUT2D eigenvalue weighted by Crippen LogP contribution is 2.21. The van der Waals surface area contributed by atoms with Gasteiger partial charge in [-0.15, -0.1) is 11.3 Å². The third kappa shape index (κ3) is 4.33. The summed E-state index contributed by atoms with van der Waals surface area (Å²) in [4.78, 5) is 20.9. The number of carbonyl (C=O) groups is 1. The average Bonchev–Trinajstić information content (AvgIpc) is 3.42. The second kappa shape index (κ2) is 8.78. The van der Waals surface area contributed by atoms with Crippen molar-refractivity contribution in [1.29, 1.82) is 5.26 Å². The number of nitrogens with zero attached hydrogens (tertiary/aromatic N) is 5. The van der Waals surface area contributed by atoms with Crippen molar-refractivity contribution >= 4 is 28.8 Å². The normalized spacial score (nSPS) is 11.3. The molecular formula is C21H15ClN6OS. The Hall–Kier alpha value is -3.67. The van der Waals surface area contributed by atoms with E-state index in [0.29, 0.717) is 21.2 Å². The molecule has 9 heteroatoms. The van der Waals surface area contributed by atoms with Crippen LogP contribution >= 0.6 is 22.9 Å². The van der Waals surface area contributed by atoms with Crippen LogP contribution in [0.1, 0.15) is 15.4 Å². The predicted molar refractivity (Wildman–Crippen MR) is 115 cm³/mol. The van der Waals surface area contributed by atoms with E-state index in [1.165, 1.54) is 11.3 Å². The van der Waals surface area contributed by atoms with Crippen LogP contribution in [0.15, 0.2) is 78.3 Å². The quantitative estimate of drug-likeness (QED) is 0.486. The van der Waals surface area contributed by atoms with E-state index < -0.39 is 0 Å². The Morgan fingerprint density at radius 2 is 1.97 bits per heavy atom. The van der Waals surface area contributed by atoms with Gasteiger partial charge in [0.05, 0.1) is 27.8 Å². The molecule has 0 aliphatic rings. The summed E-state index contributed by atoms with van der Waals surface area (Å²) >= 11 is 7.11. The third-order valence-corrected chi connectivity index (χ3v) is 5.52. The standard InChI is InChI=1S/C21H15ClN6OS/c22-19-9-8-18(30-19)21(29)24-11-15-12-27(14-26-15)16-4-6-17(7-5-16)28-10-2-1-3-20(28)25-13-23/h1-10,12,14H,11H2,(H,24,29). The molecular weight excluding hydrogens is 420 g/mol. The summed E-state index contributed by atoms with van der Waals surface area (Å²) in [6, 6.07) is 16.7. The minimum Gasteiger partial charge on any atom is -0.346 e. The Morgan fingerprint density at radius 3 is 2.70 bits per heavy atom. The van der Waals surface area contributed by atoms with Crippen LogP contribution in [-0.2, 0) is 6.54 Å². The number of rotatable bonds is 5. The monoisotopic (exact) mass is 434 g/mol. The fourth-order valence-electron chi connectivity index (χ4n) is 2.87. The Morgan fingerprint density at radius 1 is 1.17 bits per heavy atom. The molecule has 0 aliphatic carbocycles. The molecule has 0 unspecified atom stereocenters. The molecule has 0 saturated carbocycles. The molecule has 0 fully saturated rings. The number of amides is 1. The van der Waals surface area contributed by atoms with E-state index in [0.717, 1.165) is 17.1 Å². The Balaban J connectivity index is 1.47. The van der Waals surface area contributed by atoms with Gasteiger partial charge in [-0.25, -0.2) is 4.98 Å². The molecule has 4 aromatic rings. The van der Waals surface area contributed by atoms with Gasteiger partial charge >= 0.3 is 0 Å². The number of hydrogen-bond acceptors (Lipinski definition) is 5. The van der Waals surface area contributed by atoms with Crippen molar-refractivity contribution in [3.8, 4) is 17.6 Å². The number of nitrogens with one attached hydrogen (secondary N) is 1. The van der Waals surface area contributed by atoms with Crippen LogP contribution in [0.25, 0.3) is 11.4 Å². The van der Waals surface area contributed by atoms with Gasteiger partial charge in [0, 0.05) is 23.8 Å². The molecule has 1 amide bonds. The number of imidazole rings is 1. The summed E-state index contributed by atoms with van der Waals surface area (Å²) in [6.45, 7) is 0.318. The highest BCUT2D eigenvalue weighted by atomic mass is 35.5. The largest absolute Gasteiger partial charge is 0.346 e. The van der Waals surface area contributed by atoms with Crippen molar-refractivity contribution in [1.82, 2.24) is 19.4 Å². The first-order chi connectivity index (χ1) is 14.6. The molecule has 0 radical (unpaired) electrons. The lowest BCUT2D eigenvalue weighted by Crippen LogP contribution is -2.21. The van der Waals surface area contributed by atoms with Crippen LogP contribution < -0.4 is 10.8 Å². The molecule has 0 aliphatic heterocycles. The number of nitriles is 1. The van der Waals surface area contributed by atoms with E-state index in [4.69, 9.17) is 16.9 Å². The van der Waals surface area contributed by atoms with E-state index in [1.807, 2.05) is 64.1 Å². The average molecular weight is 435 g/mol. The van der Waals surface area contributed by atoms with E-state index in [1.54, 1.807) is 24.5 Å². The lowest BCUT2D eigenvalue weighted by atomic mass is 10.2. The van der Waals surface area contributed by atoms with Gasteiger partial charge < -0.3 is 14.5 Å². The van der Waals surface area contributed by atoms with Crippen molar-refractivity contribution in [3.05, 3.63) is 93.7 Å². The highest BCUT2D eigenvalue weighted by molar-refractivity contribution is 7.17. The fourth-order valence-corrected chi connectivity index (χ4v) is 3.83. The lowest BCUT2D eigenvalue weighted by molar-refractivity contribution is 0.0954. The summed E-state index contributed by atoms with van der Waals surface area (Å²) in [5.74, 6) is -0.177. The summed E-state index contributed by atoms with van der Waals surface area (Å²) in [5, 5.41) is 11.7. The molecule has 7 nitrogen and oxygen atoms in total. The van der Waals surface area contributed by atoms with E-state index in [2.05, 4.69) is 15.3 Å². The summed E-state index contributed by atoms with van der Waals surface area (Å²) in [5.41, 5.74) is 3.10. The maximum atomic E-state index is 12.1. The van der Waals surface area contributed by atoms with Gasteiger partial charge in [-0.05, 0) is 48.5 Å². The van der Waals surface area contributed by atoms with Gasteiger partial charge in [0.1, 0.15) is 5.49 Å². The van der Waals surface area contributed by atoms with Gasteiger partial charge in [-0.2, -0.15) is 10.3 Å². The summed E-state index contributed by atoms with van der Waals surface area (Å²) in [6.07, 6.45) is 7.24. The van der Waals surface area contributed by atoms with Crippen molar-refractivity contribution in [2.75, 3.05) is 0 Å². The SMILES string of the molecule is N#CN=c1ccccn1-c1ccc(-n2cnc(CNC(=O)c3ccc(Cl)s3)c2)cc1. The van der Waals surface area contributed by atoms with Gasteiger partial charge in [0.25, 0.3) is 5.91 Å². The number of halogens is 1. The number of benzene rings is 1. The fraction of sp³-hybridized carbons (Fsp3) is 0.0476. The van der Waals surface area contributed by atoms with E-state index in [-0.39, 0.29) is 5.91 Å². The zero-order valence-corrected chi connectivity index (χ0v) is 17.1. The molecule has 1 aromatic carbocycles. The minimum absolute atomic E-state index is 0.177. The number of thiophene rings is 1. The molecule has 0 atom stereocenters. The molecule has 0 bridgehead atoms. The van der Waals surface area contributed by atoms with Crippen LogP contribution in [0.4, 0.5) is 0 Å². The molecule has 0 saturated heterocycles. The number of pyridine rings is 1. The van der Waals surface area contributed by atoms with Crippen LogP contribution in [0, 0.1) is 11.5 Å². The van der Waals surface area contributed by atoms with Crippen molar-refractivity contribution in [2.24, 2.45) is 4.99 Å². The van der Waals surface area contributed by atoms with Crippen LogP contribution in [0.3, 0.4) is 0 Å². The first-order valence-electron chi connectivity index (χ1n) is 8.92. The first kappa shape index (κ1) is 19.6. The number of aromatic nitrogens is 3. The molecule has 4 rings (SSSR count). The molecule has 3 heterocycles. The molecule has 148 valence electrons.